The lowest BCUT2D eigenvalue weighted by Crippen LogP contribution is -2.53. The smallest absolute Gasteiger partial charge is 0.243 e. The molecule has 0 spiro atoms. The van der Waals surface area contributed by atoms with E-state index in [4.69, 9.17) is 9.47 Å². The van der Waals surface area contributed by atoms with E-state index in [9.17, 15) is 13.2 Å². The molecule has 0 radical (unpaired) electrons. The van der Waals surface area contributed by atoms with E-state index in [1.807, 2.05) is 0 Å². The fourth-order valence-corrected chi connectivity index (χ4v) is 7.08. The summed E-state index contributed by atoms with van der Waals surface area (Å²) in [6.45, 7) is 5.81. The van der Waals surface area contributed by atoms with Gasteiger partial charge in [0.05, 0.1) is 24.7 Å². The van der Waals surface area contributed by atoms with E-state index in [1.165, 1.54) is 14.7 Å². The number of carbonyl (C=O) groups is 1. The van der Waals surface area contributed by atoms with E-state index in [-0.39, 0.29) is 29.9 Å². The molecular formula is C23H29N3O5S2. The third-order valence-electron chi connectivity index (χ3n) is 6.69. The Bertz CT molecular complexity index is 1120. The Kier molecular flexibility index (Phi) is 6.34. The Balaban J connectivity index is 1.20. The van der Waals surface area contributed by atoms with Crippen LogP contribution in [0.2, 0.25) is 0 Å². The summed E-state index contributed by atoms with van der Waals surface area (Å²) in [6, 6.07) is 7.15. The average molecular weight is 492 g/mol. The first kappa shape index (κ1) is 22.6. The number of benzene rings is 1. The maximum absolute atomic E-state index is 13.2. The highest BCUT2D eigenvalue weighted by molar-refractivity contribution is 7.89. The molecule has 10 heteroatoms. The average Bonchev–Trinajstić information content (AvgIpc) is 3.19. The molecule has 1 saturated heterocycles. The number of nitrogens with zero attached hydrogens (tertiary/aromatic N) is 3. The van der Waals surface area contributed by atoms with E-state index in [2.05, 4.69) is 23.3 Å². The van der Waals surface area contributed by atoms with E-state index < -0.39 is 10.0 Å². The van der Waals surface area contributed by atoms with Crippen molar-refractivity contribution in [3.63, 3.8) is 0 Å². The topological polar surface area (TPSA) is 79.4 Å². The third kappa shape index (κ3) is 4.49. The lowest BCUT2D eigenvalue weighted by atomic mass is 10.0. The summed E-state index contributed by atoms with van der Waals surface area (Å²) in [4.78, 5) is 18.6. The predicted molar refractivity (Wildman–Crippen MR) is 125 cm³/mol. The number of carbonyl (C=O) groups excluding carboxylic acids is 1. The molecule has 1 amide bonds. The predicted octanol–water partition coefficient (Wildman–Crippen LogP) is 2.36. The number of sulfonamides is 1. The number of hydrogen-bond donors (Lipinski definition) is 0. The molecular weight excluding hydrogens is 462 g/mol. The van der Waals surface area contributed by atoms with Gasteiger partial charge in [-0.2, -0.15) is 4.31 Å². The Hall–Kier alpha value is -2.14. The molecule has 0 unspecified atom stereocenters. The Labute approximate surface area is 198 Å². The van der Waals surface area contributed by atoms with Gasteiger partial charge in [0.25, 0.3) is 0 Å². The molecule has 33 heavy (non-hydrogen) atoms. The molecule has 1 atom stereocenters. The van der Waals surface area contributed by atoms with Gasteiger partial charge in [-0.15, -0.1) is 11.3 Å². The molecule has 0 aliphatic carbocycles. The number of hydrogen-bond acceptors (Lipinski definition) is 7. The molecule has 8 nitrogen and oxygen atoms in total. The minimum absolute atomic E-state index is 0.0631. The molecule has 0 bridgehead atoms. The number of piperazine rings is 1. The summed E-state index contributed by atoms with van der Waals surface area (Å²) in [5.74, 6) is 1.10. The zero-order valence-corrected chi connectivity index (χ0v) is 20.4. The molecule has 3 aliphatic rings. The number of thiophene rings is 1. The fourth-order valence-electron chi connectivity index (χ4n) is 4.68. The Morgan fingerprint density at radius 1 is 1.06 bits per heavy atom. The van der Waals surface area contributed by atoms with Crippen molar-refractivity contribution in [3.05, 3.63) is 40.1 Å². The number of ether oxygens (including phenoxy) is 2. The van der Waals surface area contributed by atoms with Crippen LogP contribution in [0.15, 0.2) is 34.5 Å². The van der Waals surface area contributed by atoms with Gasteiger partial charge in [0.1, 0.15) is 0 Å². The van der Waals surface area contributed by atoms with Gasteiger partial charge in [0.15, 0.2) is 11.5 Å². The second-order valence-corrected chi connectivity index (χ2v) is 11.6. The summed E-state index contributed by atoms with van der Waals surface area (Å²) in [5, 5.41) is 2.12. The normalized spacial score (nSPS) is 22.0. The van der Waals surface area contributed by atoms with Gasteiger partial charge in [-0.3, -0.25) is 9.69 Å². The second kappa shape index (κ2) is 9.25. The van der Waals surface area contributed by atoms with E-state index >= 15 is 0 Å². The number of rotatable bonds is 4. The Morgan fingerprint density at radius 3 is 2.61 bits per heavy atom. The SMILES string of the molecule is C[C@H]1c2ccsc2CCN1CC(=O)N1CCN(S(=O)(=O)c2ccc3c(c2)OCCCO3)CC1. The van der Waals surface area contributed by atoms with Crippen LogP contribution in [0.3, 0.4) is 0 Å². The highest BCUT2D eigenvalue weighted by Gasteiger charge is 2.33. The van der Waals surface area contributed by atoms with Gasteiger partial charge < -0.3 is 14.4 Å². The first-order chi connectivity index (χ1) is 15.9. The molecule has 0 saturated carbocycles. The molecule has 2 aromatic rings. The van der Waals surface area contributed by atoms with Gasteiger partial charge in [-0.05, 0) is 42.5 Å². The van der Waals surface area contributed by atoms with Crippen LogP contribution in [-0.2, 0) is 21.2 Å². The van der Waals surface area contributed by atoms with Crippen molar-refractivity contribution in [2.24, 2.45) is 0 Å². The monoisotopic (exact) mass is 491 g/mol. The maximum atomic E-state index is 13.2. The van der Waals surface area contributed by atoms with Gasteiger partial charge in [0.2, 0.25) is 15.9 Å². The standard InChI is InChI=1S/C23H29N3O5S2/c1-17-19-6-14-32-22(19)5-7-25(17)16-23(27)24-8-10-26(11-9-24)33(28,29)18-3-4-20-21(15-18)31-13-2-12-30-20/h3-4,6,14-15,17H,2,5,7-13,16H2,1H3/t17-/m0/s1. The van der Waals surface area contributed by atoms with Crippen molar-refractivity contribution in [1.82, 2.24) is 14.1 Å². The first-order valence-corrected chi connectivity index (χ1v) is 13.7. The van der Waals surface area contributed by atoms with Crippen molar-refractivity contribution < 1.29 is 22.7 Å². The summed E-state index contributed by atoms with van der Waals surface area (Å²) in [7, 11) is -3.67. The minimum Gasteiger partial charge on any atom is -0.490 e. The molecule has 178 valence electrons. The van der Waals surface area contributed by atoms with E-state index in [0.717, 1.165) is 19.4 Å². The molecule has 5 rings (SSSR count). The van der Waals surface area contributed by atoms with Crippen LogP contribution >= 0.6 is 11.3 Å². The van der Waals surface area contributed by atoms with Crippen LogP contribution in [-0.4, -0.2) is 80.9 Å². The lowest BCUT2D eigenvalue weighted by molar-refractivity contribution is -0.134. The van der Waals surface area contributed by atoms with Crippen LogP contribution < -0.4 is 9.47 Å². The van der Waals surface area contributed by atoms with Crippen LogP contribution in [0.5, 0.6) is 11.5 Å². The maximum Gasteiger partial charge on any atom is 0.243 e. The van der Waals surface area contributed by atoms with Crippen molar-refractivity contribution >= 4 is 27.3 Å². The largest absolute Gasteiger partial charge is 0.490 e. The highest BCUT2D eigenvalue weighted by Crippen LogP contribution is 2.34. The van der Waals surface area contributed by atoms with Crippen molar-refractivity contribution in [3.8, 4) is 11.5 Å². The van der Waals surface area contributed by atoms with Gasteiger partial charge in [-0.1, -0.05) is 0 Å². The molecule has 3 aliphatic heterocycles. The molecule has 4 heterocycles. The lowest BCUT2D eigenvalue weighted by Gasteiger charge is -2.37. The van der Waals surface area contributed by atoms with Crippen LogP contribution in [0.4, 0.5) is 0 Å². The Morgan fingerprint density at radius 2 is 1.82 bits per heavy atom. The summed E-state index contributed by atoms with van der Waals surface area (Å²) >= 11 is 1.79. The molecule has 1 aromatic carbocycles. The molecule has 0 N–H and O–H groups in total. The summed E-state index contributed by atoms with van der Waals surface area (Å²) in [5.41, 5.74) is 1.32. The molecule has 1 aromatic heterocycles. The van der Waals surface area contributed by atoms with Crippen molar-refractivity contribution in [2.45, 2.75) is 30.7 Å². The summed E-state index contributed by atoms with van der Waals surface area (Å²) in [6.07, 6.45) is 1.74. The summed E-state index contributed by atoms with van der Waals surface area (Å²) < 4.78 is 39.1. The van der Waals surface area contributed by atoms with Crippen LogP contribution in [0.25, 0.3) is 0 Å². The van der Waals surface area contributed by atoms with Crippen molar-refractivity contribution in [1.29, 1.82) is 0 Å². The van der Waals surface area contributed by atoms with Gasteiger partial charge in [0, 0.05) is 56.1 Å². The quantitative estimate of drug-likeness (QED) is 0.653. The highest BCUT2D eigenvalue weighted by atomic mass is 32.2. The van der Waals surface area contributed by atoms with Gasteiger partial charge >= 0.3 is 0 Å². The first-order valence-electron chi connectivity index (χ1n) is 11.4. The van der Waals surface area contributed by atoms with Crippen LogP contribution in [0.1, 0.15) is 29.8 Å². The number of amides is 1. The fraction of sp³-hybridized carbons (Fsp3) is 0.522. The zero-order chi connectivity index (χ0) is 23.0. The number of fused-ring (bicyclic) bond motifs is 2. The van der Waals surface area contributed by atoms with Crippen molar-refractivity contribution in [2.75, 3.05) is 52.5 Å². The molecule has 1 fully saturated rings. The van der Waals surface area contributed by atoms with Crippen LogP contribution in [0, 0.1) is 0 Å². The second-order valence-electron chi connectivity index (χ2n) is 8.64. The van der Waals surface area contributed by atoms with E-state index in [1.54, 1.807) is 34.4 Å². The zero-order valence-electron chi connectivity index (χ0n) is 18.7. The van der Waals surface area contributed by atoms with Gasteiger partial charge in [-0.25, -0.2) is 8.42 Å². The minimum atomic E-state index is -3.67. The van der Waals surface area contributed by atoms with E-state index in [0.29, 0.717) is 44.3 Å². The third-order valence-corrected chi connectivity index (χ3v) is 9.58.